The third-order valence-corrected chi connectivity index (χ3v) is 3.88. The highest BCUT2D eigenvalue weighted by Crippen LogP contribution is 2.28. The van der Waals surface area contributed by atoms with E-state index < -0.39 is 49.3 Å². The lowest BCUT2D eigenvalue weighted by Gasteiger charge is -2.28. The third-order valence-electron chi connectivity index (χ3n) is 3.88. The largest absolute Gasteiger partial charge is 0.480 e. The number of aliphatic hydroxyl groups is 4. The number of aliphatic hydroxyl groups excluding tert-OH is 3. The predicted octanol–water partition coefficient (Wildman–Crippen LogP) is -1.93. The molecule has 5 atom stereocenters. The molecule has 1 fully saturated rings. The fraction of sp³-hybridized carbons (Fsp3) is 0.533. The SMILES string of the molecule is O=C(O)C(Cc1ccccc1)NCC1(O)OC(CO)C(O)C1O. The summed E-state index contributed by atoms with van der Waals surface area (Å²) >= 11 is 0. The van der Waals surface area contributed by atoms with Gasteiger partial charge in [-0.1, -0.05) is 30.3 Å². The van der Waals surface area contributed by atoms with Gasteiger partial charge in [0.1, 0.15) is 24.4 Å². The van der Waals surface area contributed by atoms with Crippen LogP contribution in [0.25, 0.3) is 0 Å². The number of nitrogens with one attached hydrogen (secondary N) is 1. The quantitative estimate of drug-likeness (QED) is 0.340. The first-order valence-electron chi connectivity index (χ1n) is 7.24. The van der Waals surface area contributed by atoms with Gasteiger partial charge in [-0.3, -0.25) is 10.1 Å². The van der Waals surface area contributed by atoms with Crippen LogP contribution in [0.5, 0.6) is 0 Å². The summed E-state index contributed by atoms with van der Waals surface area (Å²) in [4.78, 5) is 11.3. The van der Waals surface area contributed by atoms with E-state index in [1.165, 1.54) is 0 Å². The Morgan fingerprint density at radius 3 is 2.48 bits per heavy atom. The maximum absolute atomic E-state index is 11.3. The van der Waals surface area contributed by atoms with E-state index in [1.54, 1.807) is 24.3 Å². The topological polar surface area (TPSA) is 139 Å². The normalized spacial score (nSPS) is 31.9. The van der Waals surface area contributed by atoms with Crippen LogP contribution in [0.1, 0.15) is 5.56 Å². The molecule has 8 nitrogen and oxygen atoms in total. The van der Waals surface area contributed by atoms with E-state index in [-0.39, 0.29) is 6.42 Å². The van der Waals surface area contributed by atoms with Crippen molar-refractivity contribution in [2.75, 3.05) is 13.2 Å². The molecule has 1 aliphatic heterocycles. The molecule has 5 unspecified atom stereocenters. The number of carboxylic acid groups (broad SMARTS) is 1. The van der Waals surface area contributed by atoms with Crippen LogP contribution in [0.15, 0.2) is 30.3 Å². The standard InChI is InChI=1S/C15H21NO7/c17-7-11-12(18)13(19)15(22,23-11)8-16-10(14(20)21)6-9-4-2-1-3-5-9/h1-5,10-13,16-19,22H,6-8H2,(H,20,21). The monoisotopic (exact) mass is 327 g/mol. The van der Waals surface area contributed by atoms with Gasteiger partial charge in [0.15, 0.2) is 0 Å². The van der Waals surface area contributed by atoms with Gasteiger partial charge in [0.2, 0.25) is 5.79 Å². The van der Waals surface area contributed by atoms with Gasteiger partial charge in [-0.15, -0.1) is 0 Å². The van der Waals surface area contributed by atoms with Gasteiger partial charge in [0.25, 0.3) is 0 Å². The number of carboxylic acids is 1. The minimum absolute atomic E-state index is 0.175. The second kappa shape index (κ2) is 7.35. The predicted molar refractivity (Wildman–Crippen MR) is 78.5 cm³/mol. The Bertz CT molecular complexity index is 526. The molecule has 1 aromatic rings. The highest BCUT2D eigenvalue weighted by Gasteiger charge is 2.53. The molecule has 0 saturated carbocycles. The highest BCUT2D eigenvalue weighted by atomic mass is 16.7. The van der Waals surface area contributed by atoms with E-state index in [1.807, 2.05) is 6.07 Å². The van der Waals surface area contributed by atoms with Crippen molar-refractivity contribution >= 4 is 5.97 Å². The maximum Gasteiger partial charge on any atom is 0.321 e. The Morgan fingerprint density at radius 2 is 1.96 bits per heavy atom. The number of aliphatic carboxylic acids is 1. The molecule has 2 rings (SSSR count). The van der Waals surface area contributed by atoms with Gasteiger partial charge in [-0.25, -0.2) is 0 Å². The van der Waals surface area contributed by atoms with Crippen molar-refractivity contribution in [2.45, 2.75) is 36.6 Å². The number of ether oxygens (including phenoxy) is 1. The molecule has 6 N–H and O–H groups in total. The second-order valence-electron chi connectivity index (χ2n) is 5.58. The van der Waals surface area contributed by atoms with Crippen LogP contribution in [0.3, 0.4) is 0 Å². The summed E-state index contributed by atoms with van der Waals surface area (Å²) in [6, 6.07) is 7.93. The zero-order chi connectivity index (χ0) is 17.0. The molecule has 128 valence electrons. The lowest BCUT2D eigenvalue weighted by atomic mass is 10.0. The minimum Gasteiger partial charge on any atom is -0.480 e. The van der Waals surface area contributed by atoms with Gasteiger partial charge in [0, 0.05) is 0 Å². The average molecular weight is 327 g/mol. The van der Waals surface area contributed by atoms with E-state index in [9.17, 15) is 25.2 Å². The summed E-state index contributed by atoms with van der Waals surface area (Å²) in [5.41, 5.74) is 0.792. The molecule has 8 heteroatoms. The third kappa shape index (κ3) is 4.05. The Morgan fingerprint density at radius 1 is 1.30 bits per heavy atom. The molecular formula is C15H21NO7. The molecule has 0 amide bonds. The van der Waals surface area contributed by atoms with Crippen molar-refractivity contribution in [3.63, 3.8) is 0 Å². The van der Waals surface area contributed by atoms with E-state index in [2.05, 4.69) is 5.32 Å². The summed E-state index contributed by atoms with van der Waals surface area (Å²) in [5, 5.41) is 50.6. The number of hydrogen-bond donors (Lipinski definition) is 6. The first-order valence-corrected chi connectivity index (χ1v) is 7.24. The van der Waals surface area contributed by atoms with Crippen molar-refractivity contribution in [3.8, 4) is 0 Å². The van der Waals surface area contributed by atoms with Crippen molar-refractivity contribution in [2.24, 2.45) is 0 Å². The molecular weight excluding hydrogens is 306 g/mol. The minimum atomic E-state index is -2.17. The molecule has 0 radical (unpaired) electrons. The van der Waals surface area contributed by atoms with E-state index in [4.69, 9.17) is 9.84 Å². The van der Waals surface area contributed by atoms with Gasteiger partial charge in [0.05, 0.1) is 13.2 Å². The summed E-state index contributed by atoms with van der Waals surface area (Å²) in [5.74, 6) is -3.29. The molecule has 1 heterocycles. The van der Waals surface area contributed by atoms with Crippen LogP contribution in [0, 0.1) is 0 Å². The van der Waals surface area contributed by atoms with Crippen LogP contribution >= 0.6 is 0 Å². The fourth-order valence-corrected chi connectivity index (χ4v) is 2.53. The summed E-state index contributed by atoms with van der Waals surface area (Å²) in [6.07, 6.45) is -4.06. The number of rotatable bonds is 7. The van der Waals surface area contributed by atoms with Crippen molar-refractivity contribution in [3.05, 3.63) is 35.9 Å². The molecule has 1 aliphatic rings. The average Bonchev–Trinajstić information content (AvgIpc) is 2.76. The zero-order valence-corrected chi connectivity index (χ0v) is 12.4. The first-order chi connectivity index (χ1) is 10.9. The molecule has 23 heavy (non-hydrogen) atoms. The van der Waals surface area contributed by atoms with Crippen LogP contribution in [-0.2, 0) is 16.0 Å². The molecule has 1 saturated heterocycles. The van der Waals surface area contributed by atoms with Crippen molar-refractivity contribution in [1.29, 1.82) is 0 Å². The fourth-order valence-electron chi connectivity index (χ4n) is 2.53. The van der Waals surface area contributed by atoms with Crippen LogP contribution in [0.4, 0.5) is 0 Å². The number of hydrogen-bond acceptors (Lipinski definition) is 7. The zero-order valence-electron chi connectivity index (χ0n) is 12.4. The van der Waals surface area contributed by atoms with Crippen LogP contribution in [-0.4, -0.2) is 74.8 Å². The van der Waals surface area contributed by atoms with Gasteiger partial charge in [-0.05, 0) is 12.0 Å². The first kappa shape index (κ1) is 17.8. The Hall–Kier alpha value is -1.55. The highest BCUT2D eigenvalue weighted by molar-refractivity contribution is 5.73. The van der Waals surface area contributed by atoms with Crippen LogP contribution in [0.2, 0.25) is 0 Å². The maximum atomic E-state index is 11.3. The Kier molecular flexibility index (Phi) is 5.69. The van der Waals surface area contributed by atoms with E-state index in [0.29, 0.717) is 0 Å². The van der Waals surface area contributed by atoms with Crippen molar-refractivity contribution in [1.82, 2.24) is 5.32 Å². The number of carbonyl (C=O) groups is 1. The Labute approximate surface area is 133 Å². The summed E-state index contributed by atoms with van der Waals surface area (Å²) < 4.78 is 5.05. The molecule has 1 aromatic carbocycles. The molecule has 0 aliphatic carbocycles. The van der Waals surface area contributed by atoms with Crippen molar-refractivity contribution < 1.29 is 35.1 Å². The number of benzene rings is 1. The summed E-state index contributed by atoms with van der Waals surface area (Å²) in [6.45, 7) is -0.988. The lowest BCUT2D eigenvalue weighted by Crippen LogP contribution is -2.54. The lowest BCUT2D eigenvalue weighted by molar-refractivity contribution is -0.227. The summed E-state index contributed by atoms with van der Waals surface area (Å²) in [7, 11) is 0. The molecule has 0 spiro atoms. The Balaban J connectivity index is 2.00. The van der Waals surface area contributed by atoms with Gasteiger partial charge >= 0.3 is 5.97 Å². The van der Waals surface area contributed by atoms with Gasteiger partial charge in [-0.2, -0.15) is 0 Å². The smallest absolute Gasteiger partial charge is 0.321 e. The van der Waals surface area contributed by atoms with E-state index >= 15 is 0 Å². The second-order valence-corrected chi connectivity index (χ2v) is 5.58. The molecule has 0 bridgehead atoms. The molecule has 0 aromatic heterocycles. The van der Waals surface area contributed by atoms with Crippen LogP contribution < -0.4 is 5.32 Å². The van der Waals surface area contributed by atoms with Gasteiger partial charge < -0.3 is 30.3 Å². The van der Waals surface area contributed by atoms with E-state index in [0.717, 1.165) is 5.56 Å².